The molecule has 2 amide bonds. The minimum atomic E-state index is -0.205. The number of aromatic nitrogens is 2. The maximum Gasteiger partial charge on any atom is 0.251 e. The van der Waals surface area contributed by atoms with E-state index in [1.807, 2.05) is 30.3 Å². The zero-order valence-electron chi connectivity index (χ0n) is 12.6. The predicted molar refractivity (Wildman–Crippen MR) is 93.1 cm³/mol. The predicted octanol–water partition coefficient (Wildman–Crippen LogP) is 2.54. The molecule has 7 heteroatoms. The number of carbonyl (C=O) groups is 2. The lowest BCUT2D eigenvalue weighted by atomic mass is 10.2. The van der Waals surface area contributed by atoms with E-state index in [-0.39, 0.29) is 11.8 Å². The summed E-state index contributed by atoms with van der Waals surface area (Å²) in [5.41, 5.74) is 3.01. The van der Waals surface area contributed by atoms with Gasteiger partial charge >= 0.3 is 0 Å². The number of H-pyrrole nitrogens is 1. The van der Waals surface area contributed by atoms with Gasteiger partial charge in [-0.3, -0.25) is 9.59 Å². The van der Waals surface area contributed by atoms with E-state index < -0.39 is 0 Å². The first-order chi connectivity index (χ1) is 11.7. The Morgan fingerprint density at radius 1 is 1.25 bits per heavy atom. The molecular weight excluding hydrogens is 324 g/mol. The lowest BCUT2D eigenvalue weighted by Crippen LogP contribution is -2.24. The van der Waals surface area contributed by atoms with E-state index in [1.165, 1.54) is 11.8 Å². The third kappa shape index (κ3) is 2.85. The average molecular weight is 338 g/mol. The highest BCUT2D eigenvalue weighted by Crippen LogP contribution is 2.31. The van der Waals surface area contributed by atoms with E-state index in [2.05, 4.69) is 20.6 Å². The summed E-state index contributed by atoms with van der Waals surface area (Å²) in [7, 11) is 0. The van der Waals surface area contributed by atoms with Crippen LogP contribution in [0.2, 0.25) is 0 Å². The van der Waals surface area contributed by atoms with E-state index >= 15 is 0 Å². The van der Waals surface area contributed by atoms with Gasteiger partial charge in [0.2, 0.25) is 5.91 Å². The second-order valence-electron chi connectivity index (χ2n) is 5.43. The highest BCUT2D eigenvalue weighted by Gasteiger charge is 2.17. The van der Waals surface area contributed by atoms with Gasteiger partial charge in [0.1, 0.15) is 5.82 Å². The van der Waals surface area contributed by atoms with Crippen LogP contribution < -0.4 is 10.6 Å². The molecule has 0 fully saturated rings. The first-order valence-electron chi connectivity index (χ1n) is 7.47. The fraction of sp³-hybridized carbons (Fsp3) is 0.118. The minimum absolute atomic E-state index is 0.0488. The van der Waals surface area contributed by atoms with Gasteiger partial charge < -0.3 is 15.6 Å². The number of hydrogen-bond donors (Lipinski definition) is 3. The Morgan fingerprint density at radius 2 is 2.12 bits per heavy atom. The van der Waals surface area contributed by atoms with Crippen LogP contribution in [0, 0.1) is 0 Å². The van der Waals surface area contributed by atoms with Crippen molar-refractivity contribution in [2.45, 2.75) is 11.4 Å². The number of nitrogens with zero attached hydrogens (tertiary/aromatic N) is 1. The summed E-state index contributed by atoms with van der Waals surface area (Å²) in [6.07, 6.45) is 0. The molecule has 0 saturated heterocycles. The Bertz CT molecular complexity index is 918. The molecule has 6 nitrogen and oxygen atoms in total. The molecular formula is C17H14N4O2S. The maximum absolute atomic E-state index is 12.3. The maximum atomic E-state index is 12.3. The number of amides is 2. The normalized spacial score (nSPS) is 13.4. The Labute approximate surface area is 142 Å². The van der Waals surface area contributed by atoms with Crippen LogP contribution in [0.5, 0.6) is 0 Å². The Morgan fingerprint density at radius 3 is 3.00 bits per heavy atom. The third-order valence-electron chi connectivity index (χ3n) is 3.73. The molecule has 0 spiro atoms. The summed E-state index contributed by atoms with van der Waals surface area (Å²) in [5, 5.41) is 5.63. The number of carbonyl (C=O) groups excluding carboxylic acids is 2. The highest BCUT2D eigenvalue weighted by atomic mass is 32.2. The van der Waals surface area contributed by atoms with Crippen molar-refractivity contribution in [1.82, 2.24) is 15.3 Å². The van der Waals surface area contributed by atoms with E-state index in [4.69, 9.17) is 0 Å². The summed E-state index contributed by atoms with van der Waals surface area (Å²) in [5.74, 6) is 0.853. The number of hydrogen-bond acceptors (Lipinski definition) is 4. The van der Waals surface area contributed by atoms with Crippen LogP contribution in [-0.4, -0.2) is 27.5 Å². The molecule has 0 aliphatic carbocycles. The topological polar surface area (TPSA) is 86.9 Å². The number of thioether (sulfide) groups is 1. The molecule has 1 aliphatic heterocycles. The molecule has 2 aromatic carbocycles. The van der Waals surface area contributed by atoms with Gasteiger partial charge in [0.05, 0.1) is 29.0 Å². The van der Waals surface area contributed by atoms with E-state index in [0.29, 0.717) is 29.4 Å². The van der Waals surface area contributed by atoms with Gasteiger partial charge in [0, 0.05) is 10.5 Å². The van der Waals surface area contributed by atoms with Crippen molar-refractivity contribution in [2.24, 2.45) is 0 Å². The van der Waals surface area contributed by atoms with Crippen LogP contribution in [0.25, 0.3) is 11.0 Å². The minimum Gasteiger partial charge on any atom is -0.345 e. The van der Waals surface area contributed by atoms with E-state index in [1.54, 1.807) is 12.1 Å². The molecule has 3 N–H and O–H groups in total. The van der Waals surface area contributed by atoms with Gasteiger partial charge in [0.25, 0.3) is 5.91 Å². The number of benzene rings is 2. The zero-order valence-corrected chi connectivity index (χ0v) is 13.4. The van der Waals surface area contributed by atoms with Crippen molar-refractivity contribution in [3.8, 4) is 0 Å². The Balaban J connectivity index is 1.48. The van der Waals surface area contributed by atoms with Crippen LogP contribution in [0.3, 0.4) is 0 Å². The summed E-state index contributed by atoms with van der Waals surface area (Å²) in [6.45, 7) is 0.311. The number of imidazole rings is 1. The summed E-state index contributed by atoms with van der Waals surface area (Å²) in [6, 6.07) is 13.0. The fourth-order valence-electron chi connectivity index (χ4n) is 2.58. The monoisotopic (exact) mass is 338 g/mol. The van der Waals surface area contributed by atoms with Crippen molar-refractivity contribution in [3.63, 3.8) is 0 Å². The van der Waals surface area contributed by atoms with Gasteiger partial charge in [-0.05, 0) is 30.3 Å². The molecule has 0 bridgehead atoms. The molecule has 120 valence electrons. The van der Waals surface area contributed by atoms with Gasteiger partial charge in [-0.25, -0.2) is 4.98 Å². The number of nitrogens with one attached hydrogen (secondary N) is 3. The van der Waals surface area contributed by atoms with Gasteiger partial charge in [-0.15, -0.1) is 11.8 Å². The summed E-state index contributed by atoms with van der Waals surface area (Å²) >= 11 is 1.47. The number of rotatable bonds is 3. The van der Waals surface area contributed by atoms with Crippen molar-refractivity contribution >= 4 is 40.3 Å². The van der Waals surface area contributed by atoms with Gasteiger partial charge in [-0.1, -0.05) is 12.1 Å². The lowest BCUT2D eigenvalue weighted by molar-refractivity contribution is -0.113. The van der Waals surface area contributed by atoms with Crippen molar-refractivity contribution < 1.29 is 9.59 Å². The van der Waals surface area contributed by atoms with E-state index in [0.717, 1.165) is 15.9 Å². The van der Waals surface area contributed by atoms with E-state index in [9.17, 15) is 9.59 Å². The molecule has 2 heterocycles. The van der Waals surface area contributed by atoms with Crippen LogP contribution >= 0.6 is 11.8 Å². The van der Waals surface area contributed by atoms with Crippen LogP contribution in [-0.2, 0) is 11.3 Å². The average Bonchev–Trinajstić information content (AvgIpc) is 3.02. The molecule has 0 radical (unpaired) electrons. The second kappa shape index (κ2) is 6.01. The number of aromatic amines is 1. The largest absolute Gasteiger partial charge is 0.345 e. The Hall–Kier alpha value is -2.80. The molecule has 0 atom stereocenters. The van der Waals surface area contributed by atoms with Crippen LogP contribution in [0.1, 0.15) is 16.2 Å². The fourth-order valence-corrected chi connectivity index (χ4v) is 3.37. The third-order valence-corrected chi connectivity index (χ3v) is 4.80. The standard InChI is InChI=1S/C17H14N4O2S/c22-16-9-24-14-6-5-10(7-13(14)21-16)17(23)18-8-15-19-11-3-1-2-4-12(11)20-15/h1-7H,8-9H2,(H,18,23)(H,19,20)(H,21,22). The molecule has 3 aromatic rings. The first kappa shape index (κ1) is 14.8. The summed E-state index contributed by atoms with van der Waals surface area (Å²) < 4.78 is 0. The molecule has 0 saturated carbocycles. The quantitative estimate of drug-likeness (QED) is 0.685. The first-order valence-corrected chi connectivity index (χ1v) is 8.46. The number of fused-ring (bicyclic) bond motifs is 2. The van der Waals surface area contributed by atoms with Crippen molar-refractivity contribution in [2.75, 3.05) is 11.1 Å². The second-order valence-corrected chi connectivity index (χ2v) is 6.45. The molecule has 4 rings (SSSR count). The highest BCUT2D eigenvalue weighted by molar-refractivity contribution is 8.00. The SMILES string of the molecule is O=C1CSc2ccc(C(=O)NCc3nc4ccccc4[nH]3)cc2N1. The molecule has 0 unspecified atom stereocenters. The molecule has 1 aliphatic rings. The van der Waals surface area contributed by atoms with Crippen molar-refractivity contribution in [3.05, 3.63) is 53.9 Å². The Kier molecular flexibility index (Phi) is 3.70. The van der Waals surface area contributed by atoms with Crippen LogP contribution in [0.15, 0.2) is 47.4 Å². The van der Waals surface area contributed by atoms with Gasteiger partial charge in [0.15, 0.2) is 0 Å². The number of para-hydroxylation sites is 2. The number of anilines is 1. The smallest absolute Gasteiger partial charge is 0.251 e. The van der Waals surface area contributed by atoms with Crippen LogP contribution in [0.4, 0.5) is 5.69 Å². The molecule has 1 aromatic heterocycles. The molecule has 24 heavy (non-hydrogen) atoms. The van der Waals surface area contributed by atoms with Gasteiger partial charge in [-0.2, -0.15) is 0 Å². The van der Waals surface area contributed by atoms with Crippen molar-refractivity contribution in [1.29, 1.82) is 0 Å². The zero-order chi connectivity index (χ0) is 16.5. The lowest BCUT2D eigenvalue weighted by Gasteiger charge is -2.16. The summed E-state index contributed by atoms with van der Waals surface area (Å²) in [4.78, 5) is 32.4.